The fraction of sp³-hybridized carbons (Fsp3) is 0.312. The number of amides is 1. The monoisotopic (exact) mass is 283 g/mol. The molecule has 1 unspecified atom stereocenters. The highest BCUT2D eigenvalue weighted by Gasteiger charge is 2.34. The van der Waals surface area contributed by atoms with Crippen molar-refractivity contribution < 1.29 is 9.53 Å². The molecule has 3 rings (SSSR count). The van der Waals surface area contributed by atoms with E-state index < -0.39 is 0 Å². The molecule has 5 heteroatoms. The number of hydrogen-bond donors (Lipinski definition) is 0. The first-order chi connectivity index (χ1) is 10.3. The first kappa shape index (κ1) is 13.7. The van der Waals surface area contributed by atoms with Crippen LogP contribution in [0.1, 0.15) is 16.8 Å². The predicted molar refractivity (Wildman–Crippen MR) is 78.8 cm³/mol. The zero-order chi connectivity index (χ0) is 14.7. The molecule has 2 heterocycles. The Morgan fingerprint density at radius 1 is 1.38 bits per heavy atom. The molecule has 1 amide bonds. The molecule has 1 fully saturated rings. The average molecular weight is 283 g/mol. The van der Waals surface area contributed by atoms with Gasteiger partial charge in [-0.1, -0.05) is 30.3 Å². The van der Waals surface area contributed by atoms with E-state index in [-0.39, 0.29) is 11.9 Å². The lowest BCUT2D eigenvalue weighted by Gasteiger charge is -2.40. The Morgan fingerprint density at radius 3 is 2.86 bits per heavy atom. The first-order valence-electron chi connectivity index (χ1n) is 6.96. The zero-order valence-corrected chi connectivity index (χ0v) is 11.9. The van der Waals surface area contributed by atoms with Gasteiger partial charge in [-0.15, -0.1) is 0 Å². The van der Waals surface area contributed by atoms with Crippen molar-refractivity contribution in [2.75, 3.05) is 20.3 Å². The number of ether oxygens (including phenoxy) is 1. The van der Waals surface area contributed by atoms with Gasteiger partial charge in [0, 0.05) is 25.4 Å². The zero-order valence-electron chi connectivity index (χ0n) is 11.9. The SMILES string of the molecule is COCC1CCN1C(=O)c1cncnc1-c1ccccc1. The van der Waals surface area contributed by atoms with Crippen molar-refractivity contribution in [3.8, 4) is 11.3 Å². The van der Waals surface area contributed by atoms with Gasteiger partial charge in [0.25, 0.3) is 5.91 Å². The minimum absolute atomic E-state index is 0.0252. The summed E-state index contributed by atoms with van der Waals surface area (Å²) in [4.78, 5) is 22.8. The Bertz CT molecular complexity index is 630. The smallest absolute Gasteiger partial charge is 0.257 e. The van der Waals surface area contributed by atoms with Crippen LogP contribution in [0.15, 0.2) is 42.9 Å². The van der Waals surface area contributed by atoms with Crippen LogP contribution >= 0.6 is 0 Å². The van der Waals surface area contributed by atoms with E-state index in [9.17, 15) is 4.79 Å². The van der Waals surface area contributed by atoms with Crippen molar-refractivity contribution in [1.29, 1.82) is 0 Å². The second-order valence-electron chi connectivity index (χ2n) is 5.05. The Morgan fingerprint density at radius 2 is 2.19 bits per heavy atom. The lowest BCUT2D eigenvalue weighted by Crippen LogP contribution is -2.53. The molecule has 1 saturated heterocycles. The summed E-state index contributed by atoms with van der Waals surface area (Å²) in [5.74, 6) is -0.0252. The van der Waals surface area contributed by atoms with Crippen molar-refractivity contribution in [3.63, 3.8) is 0 Å². The van der Waals surface area contributed by atoms with E-state index in [4.69, 9.17) is 4.74 Å². The molecule has 5 nitrogen and oxygen atoms in total. The summed E-state index contributed by atoms with van der Waals surface area (Å²) in [6.07, 6.45) is 4.05. The maximum Gasteiger partial charge on any atom is 0.257 e. The molecule has 0 saturated carbocycles. The molecule has 1 aliphatic heterocycles. The molecular formula is C16H17N3O2. The van der Waals surface area contributed by atoms with Gasteiger partial charge in [-0.2, -0.15) is 0 Å². The number of rotatable bonds is 4. The average Bonchev–Trinajstić information content (AvgIpc) is 2.52. The van der Waals surface area contributed by atoms with Crippen LogP contribution in [0.2, 0.25) is 0 Å². The molecule has 108 valence electrons. The maximum atomic E-state index is 12.7. The van der Waals surface area contributed by atoms with E-state index in [1.807, 2.05) is 35.2 Å². The Hall–Kier alpha value is -2.27. The quantitative estimate of drug-likeness (QED) is 0.861. The minimum Gasteiger partial charge on any atom is -0.383 e. The fourth-order valence-electron chi connectivity index (χ4n) is 2.54. The molecule has 1 aromatic heterocycles. The van der Waals surface area contributed by atoms with Gasteiger partial charge in [0.15, 0.2) is 0 Å². The van der Waals surface area contributed by atoms with E-state index >= 15 is 0 Å². The van der Waals surface area contributed by atoms with Gasteiger partial charge in [-0.3, -0.25) is 4.79 Å². The molecule has 1 aromatic carbocycles. The summed E-state index contributed by atoms with van der Waals surface area (Å²) >= 11 is 0. The Balaban J connectivity index is 1.91. The number of likely N-dealkylation sites (tertiary alicyclic amines) is 1. The predicted octanol–water partition coefficient (Wildman–Crippen LogP) is 2.00. The summed E-state index contributed by atoms with van der Waals surface area (Å²) in [6.45, 7) is 1.33. The van der Waals surface area contributed by atoms with Gasteiger partial charge >= 0.3 is 0 Å². The van der Waals surface area contributed by atoms with E-state index in [2.05, 4.69) is 9.97 Å². The van der Waals surface area contributed by atoms with Crippen LogP contribution in [0.3, 0.4) is 0 Å². The number of aromatic nitrogens is 2. The number of benzene rings is 1. The number of nitrogens with zero attached hydrogens (tertiary/aromatic N) is 3. The third-order valence-electron chi connectivity index (χ3n) is 3.75. The topological polar surface area (TPSA) is 55.3 Å². The molecule has 2 aromatic rings. The van der Waals surface area contributed by atoms with Crippen LogP contribution in [-0.4, -0.2) is 47.1 Å². The third kappa shape index (κ3) is 2.64. The third-order valence-corrected chi connectivity index (χ3v) is 3.75. The van der Waals surface area contributed by atoms with Gasteiger partial charge in [0.05, 0.1) is 23.9 Å². The largest absolute Gasteiger partial charge is 0.383 e. The van der Waals surface area contributed by atoms with Gasteiger partial charge in [0.2, 0.25) is 0 Å². The normalized spacial score (nSPS) is 17.4. The lowest BCUT2D eigenvalue weighted by molar-refractivity contribution is 0.0202. The lowest BCUT2D eigenvalue weighted by atomic mass is 10.00. The van der Waals surface area contributed by atoms with Crippen LogP contribution in [0.4, 0.5) is 0 Å². The van der Waals surface area contributed by atoms with Crippen molar-refractivity contribution in [2.24, 2.45) is 0 Å². The second-order valence-corrected chi connectivity index (χ2v) is 5.05. The molecule has 0 aliphatic carbocycles. The molecule has 1 aliphatic rings. The summed E-state index contributed by atoms with van der Waals surface area (Å²) in [5, 5.41) is 0. The number of methoxy groups -OCH3 is 1. The molecule has 0 N–H and O–H groups in total. The molecule has 0 bridgehead atoms. The fourth-order valence-corrected chi connectivity index (χ4v) is 2.54. The van der Waals surface area contributed by atoms with Crippen molar-refractivity contribution in [2.45, 2.75) is 12.5 Å². The molecule has 21 heavy (non-hydrogen) atoms. The van der Waals surface area contributed by atoms with Crippen molar-refractivity contribution in [1.82, 2.24) is 14.9 Å². The van der Waals surface area contributed by atoms with Crippen molar-refractivity contribution in [3.05, 3.63) is 48.4 Å². The highest BCUT2D eigenvalue weighted by atomic mass is 16.5. The van der Waals surface area contributed by atoms with Gasteiger partial charge in [0.1, 0.15) is 6.33 Å². The van der Waals surface area contributed by atoms with Crippen LogP contribution < -0.4 is 0 Å². The Labute approximate surface area is 123 Å². The summed E-state index contributed by atoms with van der Waals surface area (Å²) < 4.78 is 5.15. The van der Waals surface area contributed by atoms with Crippen LogP contribution in [0.5, 0.6) is 0 Å². The van der Waals surface area contributed by atoms with Crippen LogP contribution in [0.25, 0.3) is 11.3 Å². The van der Waals surface area contributed by atoms with Gasteiger partial charge in [-0.25, -0.2) is 9.97 Å². The summed E-state index contributed by atoms with van der Waals surface area (Å²) in [6, 6.07) is 9.86. The van der Waals surface area contributed by atoms with Gasteiger partial charge in [-0.05, 0) is 6.42 Å². The maximum absolute atomic E-state index is 12.7. The minimum atomic E-state index is -0.0252. The number of hydrogen-bond acceptors (Lipinski definition) is 4. The van der Waals surface area contributed by atoms with Crippen molar-refractivity contribution >= 4 is 5.91 Å². The van der Waals surface area contributed by atoms with Crippen LogP contribution in [-0.2, 0) is 4.74 Å². The van der Waals surface area contributed by atoms with Crippen LogP contribution in [0, 0.1) is 0 Å². The summed E-state index contributed by atoms with van der Waals surface area (Å²) in [5.41, 5.74) is 2.15. The van der Waals surface area contributed by atoms with E-state index in [1.165, 1.54) is 6.33 Å². The molecular weight excluding hydrogens is 266 g/mol. The highest BCUT2D eigenvalue weighted by Crippen LogP contribution is 2.25. The van der Waals surface area contributed by atoms with E-state index in [0.29, 0.717) is 17.9 Å². The molecule has 1 atom stereocenters. The number of carbonyl (C=O) groups excluding carboxylic acids is 1. The standard InChI is InChI=1S/C16H17N3O2/c1-21-10-13-7-8-19(13)16(20)14-9-17-11-18-15(14)12-5-3-2-4-6-12/h2-6,9,11,13H,7-8,10H2,1H3. The summed E-state index contributed by atoms with van der Waals surface area (Å²) in [7, 11) is 1.65. The number of carbonyl (C=O) groups is 1. The highest BCUT2D eigenvalue weighted by molar-refractivity contribution is 6.00. The van der Waals surface area contributed by atoms with E-state index in [1.54, 1.807) is 13.3 Å². The van der Waals surface area contributed by atoms with Gasteiger partial charge < -0.3 is 9.64 Å². The molecule has 0 spiro atoms. The molecule has 0 radical (unpaired) electrons. The first-order valence-corrected chi connectivity index (χ1v) is 6.96. The second kappa shape index (κ2) is 6.01. The Kier molecular flexibility index (Phi) is 3.92. The van der Waals surface area contributed by atoms with E-state index in [0.717, 1.165) is 18.5 Å².